The van der Waals surface area contributed by atoms with Gasteiger partial charge >= 0.3 is 5.97 Å². The van der Waals surface area contributed by atoms with Crippen LogP contribution in [-0.2, 0) is 9.63 Å². The van der Waals surface area contributed by atoms with Gasteiger partial charge in [0.05, 0.1) is 5.66 Å². The molecule has 0 amide bonds. The first-order chi connectivity index (χ1) is 6.39. The Hall–Kier alpha value is -1.11. The number of hydrogen-bond donors (Lipinski definition) is 4. The molecule has 6 heteroatoms. The summed E-state index contributed by atoms with van der Waals surface area (Å²) in [6, 6.07) is 0. The predicted molar refractivity (Wildman–Crippen MR) is 53.2 cm³/mol. The van der Waals surface area contributed by atoms with E-state index in [1.807, 2.05) is 6.92 Å². The highest BCUT2D eigenvalue weighted by atomic mass is 16.7. The van der Waals surface area contributed by atoms with Crippen molar-refractivity contribution in [1.82, 2.24) is 11.0 Å². The summed E-state index contributed by atoms with van der Waals surface area (Å²) >= 11 is 0. The summed E-state index contributed by atoms with van der Waals surface area (Å²) < 4.78 is 0. The van der Waals surface area contributed by atoms with Crippen LogP contribution in [0, 0.1) is 0 Å². The van der Waals surface area contributed by atoms with E-state index in [-0.39, 0.29) is 5.70 Å². The van der Waals surface area contributed by atoms with Gasteiger partial charge in [-0.3, -0.25) is 0 Å². The lowest BCUT2D eigenvalue weighted by Crippen LogP contribution is -2.57. The molecular formula is C8H18N4O2. The normalized spacial score (nSPS) is 14.5. The first kappa shape index (κ1) is 12.9. The van der Waals surface area contributed by atoms with E-state index in [2.05, 4.69) is 22.4 Å². The average molecular weight is 202 g/mol. The molecule has 0 aromatic carbocycles. The Morgan fingerprint density at radius 1 is 1.64 bits per heavy atom. The largest absolute Gasteiger partial charge is 0.393 e. The molecule has 6 nitrogen and oxygen atoms in total. The van der Waals surface area contributed by atoms with E-state index in [0.717, 1.165) is 12.8 Å². The second-order valence-corrected chi connectivity index (χ2v) is 3.31. The van der Waals surface area contributed by atoms with Crippen molar-refractivity contribution in [3.63, 3.8) is 0 Å². The number of nitrogens with one attached hydrogen (secondary N) is 2. The summed E-state index contributed by atoms with van der Waals surface area (Å²) in [5.41, 5.74) is 14.9. The molecule has 0 saturated heterocycles. The van der Waals surface area contributed by atoms with Crippen molar-refractivity contribution < 1.29 is 9.63 Å². The van der Waals surface area contributed by atoms with Gasteiger partial charge in [0, 0.05) is 0 Å². The standard InChI is InChI=1S/C8H18N4O2/c1-4-5-8(3,10)11-12-14-7(13)6(2)9/h11-12H,2,4-5,9-10H2,1,3H3. The van der Waals surface area contributed by atoms with Crippen molar-refractivity contribution in [2.75, 3.05) is 0 Å². The molecule has 6 N–H and O–H groups in total. The lowest BCUT2D eigenvalue weighted by molar-refractivity contribution is -0.150. The molecule has 82 valence electrons. The molecule has 0 aliphatic carbocycles. The van der Waals surface area contributed by atoms with Gasteiger partial charge in [0.15, 0.2) is 0 Å². The van der Waals surface area contributed by atoms with Gasteiger partial charge in [-0.05, 0) is 13.3 Å². The van der Waals surface area contributed by atoms with Crippen molar-refractivity contribution in [2.45, 2.75) is 32.4 Å². The zero-order valence-electron chi connectivity index (χ0n) is 8.59. The molecule has 0 heterocycles. The number of hydrazine groups is 1. The highest BCUT2D eigenvalue weighted by molar-refractivity contribution is 5.86. The molecule has 0 aromatic rings. The molecule has 14 heavy (non-hydrogen) atoms. The van der Waals surface area contributed by atoms with Crippen LogP contribution in [0.15, 0.2) is 12.3 Å². The fourth-order valence-electron chi connectivity index (χ4n) is 0.836. The average Bonchev–Trinajstić information content (AvgIpc) is 2.03. The van der Waals surface area contributed by atoms with E-state index in [4.69, 9.17) is 11.5 Å². The highest BCUT2D eigenvalue weighted by Gasteiger charge is 2.16. The van der Waals surface area contributed by atoms with Gasteiger partial charge < -0.3 is 16.3 Å². The summed E-state index contributed by atoms with van der Waals surface area (Å²) in [6.45, 7) is 6.98. The number of rotatable bonds is 6. The van der Waals surface area contributed by atoms with Gasteiger partial charge in [-0.1, -0.05) is 25.5 Å². The van der Waals surface area contributed by atoms with Crippen LogP contribution < -0.4 is 22.5 Å². The van der Waals surface area contributed by atoms with Crippen LogP contribution in [0.1, 0.15) is 26.7 Å². The lowest BCUT2D eigenvalue weighted by Gasteiger charge is -2.25. The SMILES string of the molecule is C=C(N)C(=O)ONNC(C)(N)CCC. The van der Waals surface area contributed by atoms with Crippen molar-refractivity contribution in [1.29, 1.82) is 0 Å². The molecule has 0 rings (SSSR count). The Kier molecular flexibility index (Phi) is 5.14. The van der Waals surface area contributed by atoms with Crippen LogP contribution in [0.3, 0.4) is 0 Å². The molecule has 0 fully saturated rings. The van der Waals surface area contributed by atoms with Gasteiger partial charge in [-0.2, -0.15) is 0 Å². The van der Waals surface area contributed by atoms with Crippen LogP contribution in [0.5, 0.6) is 0 Å². The van der Waals surface area contributed by atoms with Crippen molar-refractivity contribution in [2.24, 2.45) is 11.5 Å². The summed E-state index contributed by atoms with van der Waals surface area (Å²) in [4.78, 5) is 15.3. The third-order valence-corrected chi connectivity index (χ3v) is 1.51. The molecule has 0 radical (unpaired) electrons. The van der Waals surface area contributed by atoms with E-state index in [1.165, 1.54) is 0 Å². The quantitative estimate of drug-likeness (QED) is 0.263. The molecular weight excluding hydrogens is 184 g/mol. The fraction of sp³-hybridized carbons (Fsp3) is 0.625. The zero-order chi connectivity index (χ0) is 11.2. The van der Waals surface area contributed by atoms with Crippen LogP contribution in [0.4, 0.5) is 0 Å². The Morgan fingerprint density at radius 2 is 2.21 bits per heavy atom. The van der Waals surface area contributed by atoms with Gasteiger partial charge in [0.25, 0.3) is 0 Å². The van der Waals surface area contributed by atoms with Crippen LogP contribution in [-0.4, -0.2) is 11.6 Å². The number of carbonyl (C=O) groups is 1. The van der Waals surface area contributed by atoms with E-state index < -0.39 is 11.6 Å². The van der Waals surface area contributed by atoms with E-state index in [9.17, 15) is 4.79 Å². The minimum absolute atomic E-state index is 0.173. The van der Waals surface area contributed by atoms with Gasteiger partial charge in [0.1, 0.15) is 5.70 Å². The van der Waals surface area contributed by atoms with Gasteiger partial charge in [-0.15, -0.1) is 0 Å². The molecule has 0 bridgehead atoms. The first-order valence-electron chi connectivity index (χ1n) is 4.35. The lowest BCUT2D eigenvalue weighted by atomic mass is 10.1. The Bertz CT molecular complexity index is 215. The van der Waals surface area contributed by atoms with Gasteiger partial charge in [0.2, 0.25) is 0 Å². The minimum Gasteiger partial charge on any atom is -0.393 e. The molecule has 0 aliphatic rings. The monoisotopic (exact) mass is 202 g/mol. The van der Waals surface area contributed by atoms with Crippen LogP contribution in [0.2, 0.25) is 0 Å². The zero-order valence-corrected chi connectivity index (χ0v) is 8.59. The maximum atomic E-state index is 10.8. The maximum Gasteiger partial charge on any atom is 0.373 e. The minimum atomic E-state index is -0.732. The molecule has 0 aromatic heterocycles. The second-order valence-electron chi connectivity index (χ2n) is 3.31. The maximum absolute atomic E-state index is 10.8. The summed E-state index contributed by atoms with van der Waals surface area (Å²) in [6.07, 6.45) is 1.65. The number of hydrogen-bond acceptors (Lipinski definition) is 6. The van der Waals surface area contributed by atoms with Gasteiger partial charge in [-0.25, -0.2) is 10.2 Å². The second kappa shape index (κ2) is 5.58. The summed E-state index contributed by atoms with van der Waals surface area (Å²) in [5, 5.41) is 0. The smallest absolute Gasteiger partial charge is 0.373 e. The molecule has 1 atom stereocenters. The van der Waals surface area contributed by atoms with E-state index in [1.54, 1.807) is 6.92 Å². The Labute approximate surface area is 83.6 Å². The van der Waals surface area contributed by atoms with E-state index in [0.29, 0.717) is 0 Å². The number of nitrogens with two attached hydrogens (primary N) is 2. The van der Waals surface area contributed by atoms with Crippen LogP contribution in [0.25, 0.3) is 0 Å². The first-order valence-corrected chi connectivity index (χ1v) is 4.35. The Balaban J connectivity index is 3.73. The summed E-state index contributed by atoms with van der Waals surface area (Å²) in [5.74, 6) is -0.732. The van der Waals surface area contributed by atoms with Crippen molar-refractivity contribution >= 4 is 5.97 Å². The highest BCUT2D eigenvalue weighted by Crippen LogP contribution is 2.02. The third kappa shape index (κ3) is 5.52. The summed E-state index contributed by atoms with van der Waals surface area (Å²) in [7, 11) is 0. The predicted octanol–water partition coefficient (Wildman–Crippen LogP) is -0.514. The van der Waals surface area contributed by atoms with Crippen molar-refractivity contribution in [3.8, 4) is 0 Å². The molecule has 1 unspecified atom stereocenters. The number of carbonyl (C=O) groups excluding carboxylic acids is 1. The van der Waals surface area contributed by atoms with E-state index >= 15 is 0 Å². The Morgan fingerprint density at radius 3 is 2.64 bits per heavy atom. The van der Waals surface area contributed by atoms with Crippen molar-refractivity contribution in [3.05, 3.63) is 12.3 Å². The van der Waals surface area contributed by atoms with Crippen LogP contribution >= 0.6 is 0 Å². The third-order valence-electron chi connectivity index (χ3n) is 1.51. The molecule has 0 saturated carbocycles. The molecule has 0 spiro atoms. The topological polar surface area (TPSA) is 102 Å². The molecule has 0 aliphatic heterocycles. The fourth-order valence-corrected chi connectivity index (χ4v) is 0.836.